The van der Waals surface area contributed by atoms with Crippen LogP contribution in [0.2, 0.25) is 0 Å². The van der Waals surface area contributed by atoms with Gasteiger partial charge in [0.2, 0.25) is 0 Å². The van der Waals surface area contributed by atoms with Crippen LogP contribution >= 0.6 is 11.8 Å². The van der Waals surface area contributed by atoms with E-state index in [0.717, 1.165) is 35.1 Å². The molecule has 1 heterocycles. The Morgan fingerprint density at radius 1 is 1.32 bits per heavy atom. The molecule has 5 heteroatoms. The molecule has 1 aliphatic rings. The SMILES string of the molecule is CCCNC(CO)CSc1ccc2c(c1)OCCO2. The van der Waals surface area contributed by atoms with Crippen molar-refractivity contribution in [3.63, 3.8) is 0 Å². The molecule has 1 aromatic rings. The van der Waals surface area contributed by atoms with Crippen LogP contribution in [0.5, 0.6) is 11.5 Å². The number of ether oxygens (including phenoxy) is 2. The molecule has 19 heavy (non-hydrogen) atoms. The molecule has 1 aromatic carbocycles. The number of hydrogen-bond donors (Lipinski definition) is 2. The smallest absolute Gasteiger partial charge is 0.162 e. The van der Waals surface area contributed by atoms with Crippen molar-refractivity contribution in [2.45, 2.75) is 24.3 Å². The van der Waals surface area contributed by atoms with Crippen molar-refractivity contribution >= 4 is 11.8 Å². The Hall–Kier alpha value is -0.910. The van der Waals surface area contributed by atoms with E-state index < -0.39 is 0 Å². The molecule has 0 spiro atoms. The van der Waals surface area contributed by atoms with Gasteiger partial charge in [0.15, 0.2) is 11.5 Å². The van der Waals surface area contributed by atoms with Gasteiger partial charge in [-0.2, -0.15) is 0 Å². The molecule has 4 nitrogen and oxygen atoms in total. The first-order valence-electron chi connectivity index (χ1n) is 6.70. The number of hydrogen-bond acceptors (Lipinski definition) is 5. The first-order chi connectivity index (χ1) is 9.33. The molecule has 0 radical (unpaired) electrons. The number of fused-ring (bicyclic) bond motifs is 1. The largest absolute Gasteiger partial charge is 0.486 e. The molecule has 0 aliphatic carbocycles. The monoisotopic (exact) mass is 283 g/mol. The molecule has 0 bridgehead atoms. The minimum absolute atomic E-state index is 0.137. The molecule has 0 fully saturated rings. The Labute approximate surface area is 118 Å². The second-order valence-corrected chi connectivity index (χ2v) is 5.54. The van der Waals surface area contributed by atoms with Crippen LogP contribution in [0.4, 0.5) is 0 Å². The third kappa shape index (κ3) is 4.30. The van der Waals surface area contributed by atoms with Crippen LogP contribution < -0.4 is 14.8 Å². The number of rotatable bonds is 7. The molecule has 1 aliphatic heterocycles. The third-order valence-electron chi connectivity index (χ3n) is 2.87. The summed E-state index contributed by atoms with van der Waals surface area (Å²) in [5.41, 5.74) is 0. The van der Waals surface area contributed by atoms with Crippen molar-refractivity contribution in [2.75, 3.05) is 32.1 Å². The third-order valence-corrected chi connectivity index (χ3v) is 4.02. The lowest BCUT2D eigenvalue weighted by Crippen LogP contribution is -2.35. The van der Waals surface area contributed by atoms with Gasteiger partial charge in [-0.3, -0.25) is 0 Å². The van der Waals surface area contributed by atoms with Gasteiger partial charge in [0.1, 0.15) is 13.2 Å². The molecule has 0 saturated carbocycles. The molecule has 0 amide bonds. The van der Waals surface area contributed by atoms with Crippen LogP contribution in [0, 0.1) is 0 Å². The van der Waals surface area contributed by atoms with Crippen LogP contribution in [0.25, 0.3) is 0 Å². The maximum absolute atomic E-state index is 9.30. The maximum Gasteiger partial charge on any atom is 0.162 e. The average molecular weight is 283 g/mol. The molecule has 2 rings (SSSR count). The van der Waals surface area contributed by atoms with Crippen LogP contribution in [-0.2, 0) is 0 Å². The van der Waals surface area contributed by atoms with E-state index in [4.69, 9.17) is 9.47 Å². The highest BCUT2D eigenvalue weighted by molar-refractivity contribution is 7.99. The number of aliphatic hydroxyl groups excluding tert-OH is 1. The summed E-state index contributed by atoms with van der Waals surface area (Å²) < 4.78 is 11.1. The zero-order valence-electron chi connectivity index (χ0n) is 11.2. The quantitative estimate of drug-likeness (QED) is 0.749. The Bertz CT molecular complexity index is 400. The predicted octanol–water partition coefficient (Wildman–Crippen LogP) is 1.91. The summed E-state index contributed by atoms with van der Waals surface area (Å²) >= 11 is 1.72. The van der Waals surface area contributed by atoms with E-state index in [0.29, 0.717) is 13.2 Å². The average Bonchev–Trinajstić information content (AvgIpc) is 2.47. The Kier molecular flexibility index (Phi) is 5.82. The van der Waals surface area contributed by atoms with Crippen molar-refractivity contribution in [3.05, 3.63) is 18.2 Å². The molecule has 1 atom stereocenters. The normalized spacial score (nSPS) is 15.3. The minimum Gasteiger partial charge on any atom is -0.486 e. The van der Waals surface area contributed by atoms with Gasteiger partial charge in [-0.1, -0.05) is 6.92 Å². The summed E-state index contributed by atoms with van der Waals surface area (Å²) in [5.74, 6) is 2.48. The Morgan fingerprint density at radius 2 is 2.11 bits per heavy atom. The molecule has 1 unspecified atom stereocenters. The van der Waals surface area contributed by atoms with E-state index in [-0.39, 0.29) is 12.6 Å². The van der Waals surface area contributed by atoms with Crippen LogP contribution in [-0.4, -0.2) is 43.3 Å². The van der Waals surface area contributed by atoms with Crippen molar-refractivity contribution in [1.29, 1.82) is 0 Å². The molecule has 106 valence electrons. The fourth-order valence-corrected chi connectivity index (χ4v) is 2.81. The second-order valence-electron chi connectivity index (χ2n) is 4.45. The van der Waals surface area contributed by atoms with Gasteiger partial charge < -0.3 is 19.9 Å². The number of thioether (sulfide) groups is 1. The van der Waals surface area contributed by atoms with Gasteiger partial charge in [-0.15, -0.1) is 11.8 Å². The number of nitrogens with one attached hydrogen (secondary N) is 1. The summed E-state index contributed by atoms with van der Waals surface area (Å²) in [7, 11) is 0. The molecule has 0 saturated heterocycles. The fraction of sp³-hybridized carbons (Fsp3) is 0.571. The van der Waals surface area contributed by atoms with Crippen LogP contribution in [0.15, 0.2) is 23.1 Å². The van der Waals surface area contributed by atoms with E-state index in [1.165, 1.54) is 0 Å². The lowest BCUT2D eigenvalue weighted by molar-refractivity contribution is 0.171. The lowest BCUT2D eigenvalue weighted by Gasteiger charge is -2.19. The summed E-state index contributed by atoms with van der Waals surface area (Å²) in [5, 5.41) is 12.6. The zero-order valence-corrected chi connectivity index (χ0v) is 12.0. The van der Waals surface area contributed by atoms with Gasteiger partial charge in [-0.05, 0) is 31.2 Å². The fourth-order valence-electron chi connectivity index (χ4n) is 1.83. The van der Waals surface area contributed by atoms with Crippen molar-refractivity contribution in [2.24, 2.45) is 0 Å². The lowest BCUT2D eigenvalue weighted by atomic mass is 10.3. The Morgan fingerprint density at radius 3 is 2.84 bits per heavy atom. The number of benzene rings is 1. The van der Waals surface area contributed by atoms with E-state index in [2.05, 4.69) is 12.2 Å². The highest BCUT2D eigenvalue weighted by Gasteiger charge is 2.13. The molecular formula is C14H21NO3S. The van der Waals surface area contributed by atoms with E-state index in [1.807, 2.05) is 18.2 Å². The van der Waals surface area contributed by atoms with Gasteiger partial charge >= 0.3 is 0 Å². The first-order valence-corrected chi connectivity index (χ1v) is 7.68. The highest BCUT2D eigenvalue weighted by atomic mass is 32.2. The van der Waals surface area contributed by atoms with Gasteiger partial charge in [0.25, 0.3) is 0 Å². The molecule has 0 aromatic heterocycles. The standard InChI is InChI=1S/C14H21NO3S/c1-2-5-15-11(9-16)10-19-12-3-4-13-14(8-12)18-7-6-17-13/h3-4,8,11,15-16H,2,5-7,9-10H2,1H3. The first kappa shape index (κ1) is 14.5. The summed E-state index contributed by atoms with van der Waals surface area (Å²) in [6, 6.07) is 6.13. The highest BCUT2D eigenvalue weighted by Crippen LogP contribution is 2.34. The molecule has 2 N–H and O–H groups in total. The second kappa shape index (κ2) is 7.62. The summed E-state index contributed by atoms with van der Waals surface area (Å²) in [6.07, 6.45) is 1.07. The van der Waals surface area contributed by atoms with E-state index in [1.54, 1.807) is 11.8 Å². The van der Waals surface area contributed by atoms with Gasteiger partial charge in [0, 0.05) is 16.7 Å². The topological polar surface area (TPSA) is 50.7 Å². The molecular weight excluding hydrogens is 262 g/mol. The van der Waals surface area contributed by atoms with Crippen LogP contribution in [0.3, 0.4) is 0 Å². The predicted molar refractivity (Wildman–Crippen MR) is 77.3 cm³/mol. The summed E-state index contributed by atoms with van der Waals surface area (Å²) in [4.78, 5) is 1.14. The van der Waals surface area contributed by atoms with Crippen molar-refractivity contribution < 1.29 is 14.6 Å². The van der Waals surface area contributed by atoms with Gasteiger partial charge in [0.05, 0.1) is 6.61 Å². The van der Waals surface area contributed by atoms with Crippen molar-refractivity contribution in [1.82, 2.24) is 5.32 Å². The maximum atomic E-state index is 9.30. The minimum atomic E-state index is 0.137. The van der Waals surface area contributed by atoms with Crippen LogP contribution in [0.1, 0.15) is 13.3 Å². The zero-order chi connectivity index (χ0) is 13.5. The van der Waals surface area contributed by atoms with E-state index in [9.17, 15) is 5.11 Å². The van der Waals surface area contributed by atoms with E-state index >= 15 is 0 Å². The Balaban J connectivity index is 1.88. The van der Waals surface area contributed by atoms with Gasteiger partial charge in [-0.25, -0.2) is 0 Å². The number of aliphatic hydroxyl groups is 1. The van der Waals surface area contributed by atoms with Crippen molar-refractivity contribution in [3.8, 4) is 11.5 Å². The summed E-state index contributed by atoms with van der Waals surface area (Å²) in [6.45, 7) is 4.45.